The number of hydrogen-bond donors (Lipinski definition) is 19. The first-order valence-corrected chi connectivity index (χ1v) is 24.0. The molecule has 7 atom stereocenters. The van der Waals surface area contributed by atoms with Crippen LogP contribution in [0, 0.1) is 16.7 Å². The van der Waals surface area contributed by atoms with Gasteiger partial charge < -0.3 is 91.7 Å². The number of carboxylic acid groups (broad SMARTS) is 1. The van der Waals surface area contributed by atoms with Crippen molar-refractivity contribution in [2.24, 2.45) is 34.6 Å². The lowest BCUT2D eigenvalue weighted by Crippen LogP contribution is -2.59. The molecule has 0 fully saturated rings. The average Bonchev–Trinajstić information content (AvgIpc) is 3.86. The van der Waals surface area contributed by atoms with E-state index in [-0.39, 0.29) is 88.5 Å². The van der Waals surface area contributed by atoms with Crippen LogP contribution in [0.4, 0.5) is 0 Å². The molecule has 410 valence electrons. The highest BCUT2D eigenvalue weighted by Gasteiger charge is 2.33. The van der Waals surface area contributed by atoms with Crippen LogP contribution in [-0.4, -0.2) is 154 Å². The fourth-order valence-electron chi connectivity index (χ4n) is 7.08. The Balaban J connectivity index is 2.35. The van der Waals surface area contributed by atoms with E-state index in [9.17, 15) is 53.4 Å². The van der Waals surface area contributed by atoms with Gasteiger partial charge in [-0.05, 0) is 75.1 Å². The van der Waals surface area contributed by atoms with Gasteiger partial charge in [0.1, 0.15) is 42.0 Å². The van der Waals surface area contributed by atoms with Crippen molar-refractivity contribution in [1.29, 1.82) is 10.8 Å². The largest absolute Gasteiger partial charge is 0.508 e. The number of aliphatic carboxylic acids is 1. The summed E-state index contributed by atoms with van der Waals surface area (Å²) in [5.41, 5.74) is 28.5. The van der Waals surface area contributed by atoms with E-state index >= 15 is 0 Å². The summed E-state index contributed by atoms with van der Waals surface area (Å²) in [6, 6.07) is -3.52. The van der Waals surface area contributed by atoms with Crippen molar-refractivity contribution in [3.63, 3.8) is 0 Å². The van der Waals surface area contributed by atoms with Crippen LogP contribution in [0.3, 0.4) is 0 Å². The maximum Gasteiger partial charge on any atom is 0.326 e. The molecule has 0 aliphatic carbocycles. The summed E-state index contributed by atoms with van der Waals surface area (Å²) in [6.45, 7) is 3.03. The molecule has 0 saturated carbocycles. The highest BCUT2D eigenvalue weighted by atomic mass is 16.4. The summed E-state index contributed by atoms with van der Waals surface area (Å²) in [5, 5.41) is 57.3. The Morgan fingerprint density at radius 2 is 1.16 bits per heavy atom. The normalized spacial score (nSPS) is 13.7. The Labute approximate surface area is 427 Å². The van der Waals surface area contributed by atoms with Gasteiger partial charge in [0.15, 0.2) is 11.9 Å². The van der Waals surface area contributed by atoms with Crippen LogP contribution < -0.4 is 76.5 Å². The van der Waals surface area contributed by atoms with Crippen molar-refractivity contribution in [2.75, 3.05) is 26.2 Å². The molecular formula is C45H74N18O11. The molecule has 0 aliphatic rings. The second kappa shape index (κ2) is 32.8. The Kier molecular flexibility index (Phi) is 27.5. The number of rotatable bonds is 35. The number of H-pyrrole nitrogens is 1. The molecule has 0 radical (unpaired) electrons. The second-order valence-electron chi connectivity index (χ2n) is 17.6. The van der Waals surface area contributed by atoms with Gasteiger partial charge in [0.25, 0.3) is 0 Å². The molecule has 0 saturated heterocycles. The van der Waals surface area contributed by atoms with Crippen LogP contribution in [-0.2, 0) is 56.0 Å². The van der Waals surface area contributed by atoms with Crippen molar-refractivity contribution in [3.8, 4) is 5.75 Å². The highest BCUT2D eigenvalue weighted by Crippen LogP contribution is 2.13. The molecular weight excluding hydrogens is 969 g/mol. The van der Waals surface area contributed by atoms with Gasteiger partial charge in [0.2, 0.25) is 47.3 Å². The molecule has 0 unspecified atom stereocenters. The third-order valence-electron chi connectivity index (χ3n) is 11.1. The molecule has 8 amide bonds. The molecule has 1 heterocycles. The number of amides is 8. The van der Waals surface area contributed by atoms with E-state index in [4.69, 9.17) is 39.5 Å². The second-order valence-corrected chi connectivity index (χ2v) is 17.6. The van der Waals surface area contributed by atoms with Gasteiger partial charge in [-0.2, -0.15) is 0 Å². The minimum absolute atomic E-state index is 0.0728. The number of aromatic nitrogens is 2. The molecule has 1 aromatic heterocycles. The standard InChI is InChI=1S/C45H74N18O11/c1-24(2)36(42(72)59-30(9-6-18-55-45(51)52)39(69)60-31(43(73)74)14-15-34(48)65)63-35(66)22-56-38(68)29(8-5-17-54-44(49)50)58-40(70)32(19-25-10-12-27(64)13-11-25)62-41(71)33(20-26-21-53-23-57-26)61-37(67)28(47)7-3-4-16-46/h10-13,21,23-24,28-33,36,64H,3-9,14-20,22,46-47H2,1-2H3,(H2,48,65)(H,53,57)(H,56,68)(H,58,70)(H,59,72)(H,60,69)(H,61,67)(H,62,71)(H,63,66)(H,73,74)(H4,49,50,54)(H4,51,52,55)/t28-,29-,30-,31-,32-,33-,36-/m0/s1. The van der Waals surface area contributed by atoms with Gasteiger partial charge in [0, 0.05) is 38.5 Å². The molecule has 29 heteroatoms. The van der Waals surface area contributed by atoms with Gasteiger partial charge in [-0.3, -0.25) is 49.2 Å². The number of benzene rings is 1. The van der Waals surface area contributed by atoms with Gasteiger partial charge in [0.05, 0.1) is 24.6 Å². The van der Waals surface area contributed by atoms with Crippen LogP contribution >= 0.6 is 0 Å². The summed E-state index contributed by atoms with van der Waals surface area (Å²) < 4.78 is 0. The molecule has 74 heavy (non-hydrogen) atoms. The lowest BCUT2D eigenvalue weighted by Gasteiger charge is -2.27. The Morgan fingerprint density at radius 3 is 1.69 bits per heavy atom. The number of aromatic hydroxyl groups is 1. The molecule has 24 N–H and O–H groups in total. The number of primary amides is 1. The van der Waals surface area contributed by atoms with Crippen molar-refractivity contribution < 1.29 is 53.4 Å². The number of carboxylic acids is 1. The zero-order valence-corrected chi connectivity index (χ0v) is 41.6. The minimum atomic E-state index is -1.54. The smallest absolute Gasteiger partial charge is 0.326 e. The van der Waals surface area contributed by atoms with Crippen molar-refractivity contribution >= 4 is 65.1 Å². The average molecular weight is 1040 g/mol. The molecule has 0 bridgehead atoms. The fraction of sp³-hybridized carbons (Fsp3) is 0.556. The van der Waals surface area contributed by atoms with E-state index in [1.165, 1.54) is 36.8 Å². The van der Waals surface area contributed by atoms with Crippen molar-refractivity contribution in [3.05, 3.63) is 48.0 Å². The summed E-state index contributed by atoms with van der Waals surface area (Å²) in [6.07, 6.45) is 3.53. The van der Waals surface area contributed by atoms with Crippen LogP contribution in [0.2, 0.25) is 0 Å². The monoisotopic (exact) mass is 1040 g/mol. The van der Waals surface area contributed by atoms with Crippen LogP contribution in [0.15, 0.2) is 36.8 Å². The minimum Gasteiger partial charge on any atom is -0.508 e. The Hall–Kier alpha value is -8.08. The lowest BCUT2D eigenvalue weighted by atomic mass is 10.0. The number of nitrogens with zero attached hydrogens (tertiary/aromatic N) is 1. The zero-order valence-electron chi connectivity index (χ0n) is 41.6. The van der Waals surface area contributed by atoms with Gasteiger partial charge in [-0.25, -0.2) is 9.78 Å². The quantitative estimate of drug-likeness (QED) is 0.0174. The highest BCUT2D eigenvalue weighted by molar-refractivity contribution is 5.97. The first-order valence-electron chi connectivity index (χ1n) is 24.0. The number of aromatic amines is 1. The van der Waals surface area contributed by atoms with Gasteiger partial charge in [-0.15, -0.1) is 0 Å². The Bertz CT molecular complexity index is 2200. The molecule has 0 aliphatic heterocycles. The number of carbonyl (C=O) groups excluding carboxylic acids is 8. The maximum absolute atomic E-state index is 14.3. The molecule has 0 spiro atoms. The number of phenols is 1. The number of hydrogen-bond acceptors (Lipinski definition) is 15. The van der Waals surface area contributed by atoms with Gasteiger partial charge >= 0.3 is 5.97 Å². The van der Waals surface area contributed by atoms with E-state index in [1.54, 1.807) is 13.8 Å². The number of carbonyl (C=O) groups is 9. The summed E-state index contributed by atoms with van der Waals surface area (Å²) >= 11 is 0. The molecule has 1 aromatic carbocycles. The SMILES string of the molecule is CC(C)[C@H](NC(=O)CNC(=O)[C@H](CCCNC(=N)N)NC(=O)[C@H](Cc1ccc(O)cc1)NC(=O)[C@H](Cc1c[nH]cn1)NC(=O)[C@@H](N)CCCCN)C(=O)N[C@@H](CCCNC(=N)N)C(=O)N[C@@H](CCC(N)=O)C(=O)O. The summed E-state index contributed by atoms with van der Waals surface area (Å²) in [7, 11) is 0. The molecule has 2 aromatic rings. The van der Waals surface area contributed by atoms with E-state index in [1.807, 2.05) is 0 Å². The first-order chi connectivity index (χ1) is 35.0. The number of nitrogens with one attached hydrogen (secondary N) is 12. The number of imidazole rings is 1. The van der Waals surface area contributed by atoms with E-state index in [0.29, 0.717) is 30.6 Å². The van der Waals surface area contributed by atoms with E-state index in [2.05, 4.69) is 57.8 Å². The first kappa shape index (κ1) is 62.0. The van der Waals surface area contributed by atoms with Crippen molar-refractivity contribution in [1.82, 2.24) is 57.8 Å². The summed E-state index contributed by atoms with van der Waals surface area (Å²) in [4.78, 5) is 126. The lowest BCUT2D eigenvalue weighted by molar-refractivity contribution is -0.142. The van der Waals surface area contributed by atoms with Gasteiger partial charge in [-0.1, -0.05) is 32.4 Å². The predicted molar refractivity (Wildman–Crippen MR) is 269 cm³/mol. The predicted octanol–water partition coefficient (Wildman–Crippen LogP) is -5.09. The molecule has 2 rings (SSSR count). The maximum atomic E-state index is 14.3. The number of nitrogens with two attached hydrogens (primary N) is 5. The number of guanidine groups is 2. The zero-order chi connectivity index (χ0) is 55.3. The van der Waals surface area contributed by atoms with E-state index < -0.39 is 108 Å². The van der Waals surface area contributed by atoms with Crippen LogP contribution in [0.5, 0.6) is 5.75 Å². The number of phenolic OH excluding ortho intramolecular Hbond substituents is 1. The topological polar surface area (TPSA) is 509 Å². The Morgan fingerprint density at radius 1 is 0.635 bits per heavy atom. The third-order valence-corrected chi connectivity index (χ3v) is 11.1. The number of unbranched alkanes of at least 4 members (excludes halogenated alkanes) is 1. The summed E-state index contributed by atoms with van der Waals surface area (Å²) in [5.74, 6) is -9.50. The fourth-order valence-corrected chi connectivity index (χ4v) is 7.08. The van der Waals surface area contributed by atoms with Crippen LogP contribution in [0.1, 0.15) is 82.9 Å². The van der Waals surface area contributed by atoms with E-state index in [0.717, 1.165) is 0 Å². The molecule has 29 nitrogen and oxygen atoms in total. The third kappa shape index (κ3) is 24.4. The van der Waals surface area contributed by atoms with Crippen LogP contribution in [0.25, 0.3) is 0 Å². The van der Waals surface area contributed by atoms with Crippen molar-refractivity contribution in [2.45, 2.75) is 127 Å².